The van der Waals surface area contributed by atoms with Gasteiger partial charge in [-0.1, -0.05) is 45.0 Å². The van der Waals surface area contributed by atoms with Crippen LogP contribution in [0.2, 0.25) is 0 Å². The van der Waals surface area contributed by atoms with Crippen LogP contribution in [0.3, 0.4) is 0 Å². The van der Waals surface area contributed by atoms with E-state index in [1.54, 1.807) is 0 Å². The van der Waals surface area contributed by atoms with Crippen molar-refractivity contribution < 1.29 is 4.84 Å². The first kappa shape index (κ1) is 11.2. The maximum Gasteiger partial charge on any atom is 0.101 e. The van der Waals surface area contributed by atoms with Gasteiger partial charge in [-0.05, 0) is 23.5 Å². The zero-order valence-electron chi connectivity index (χ0n) is 9.37. The molecule has 1 aromatic rings. The van der Waals surface area contributed by atoms with E-state index < -0.39 is 0 Å². The van der Waals surface area contributed by atoms with Crippen molar-refractivity contribution in [3.8, 4) is 0 Å². The number of benzene rings is 1. The second-order valence-electron chi connectivity index (χ2n) is 4.65. The number of rotatable bonds is 2. The molecular weight excluding hydrogens is 174 g/mol. The summed E-state index contributed by atoms with van der Waals surface area (Å²) in [7, 11) is 0. The van der Waals surface area contributed by atoms with Crippen molar-refractivity contribution in [2.24, 2.45) is 5.90 Å². The Morgan fingerprint density at radius 1 is 1.14 bits per heavy atom. The normalized spacial score (nSPS) is 14.1. The zero-order chi connectivity index (χ0) is 10.8. The molecule has 2 nitrogen and oxygen atoms in total. The molecule has 0 radical (unpaired) electrons. The molecule has 0 aliphatic carbocycles. The van der Waals surface area contributed by atoms with Gasteiger partial charge in [-0.3, -0.25) is 4.84 Å². The van der Waals surface area contributed by atoms with Crippen LogP contribution < -0.4 is 5.90 Å². The Morgan fingerprint density at radius 2 is 1.64 bits per heavy atom. The number of hydrogen-bond donors (Lipinski definition) is 1. The van der Waals surface area contributed by atoms with Crippen LogP contribution in [0.5, 0.6) is 0 Å². The van der Waals surface area contributed by atoms with Gasteiger partial charge < -0.3 is 0 Å². The molecule has 2 heteroatoms. The maximum atomic E-state index is 5.13. The van der Waals surface area contributed by atoms with Crippen LogP contribution in [-0.2, 0) is 10.3 Å². The summed E-state index contributed by atoms with van der Waals surface area (Å²) in [6.07, 6.45) is -0.0379. The van der Waals surface area contributed by atoms with Gasteiger partial charge in [0.15, 0.2) is 0 Å². The van der Waals surface area contributed by atoms with E-state index in [0.717, 1.165) is 5.56 Å². The molecule has 0 aliphatic rings. The number of nitrogens with two attached hydrogens (primary N) is 1. The molecule has 0 saturated heterocycles. The highest BCUT2D eigenvalue weighted by Crippen LogP contribution is 2.24. The Hall–Kier alpha value is -0.860. The van der Waals surface area contributed by atoms with Crippen LogP contribution >= 0.6 is 0 Å². The summed E-state index contributed by atoms with van der Waals surface area (Å²) in [5.41, 5.74) is 2.64. The van der Waals surface area contributed by atoms with Gasteiger partial charge in [0.1, 0.15) is 6.10 Å². The predicted molar refractivity (Wildman–Crippen MR) is 58.8 cm³/mol. The van der Waals surface area contributed by atoms with E-state index in [2.05, 4.69) is 45.0 Å². The van der Waals surface area contributed by atoms with Crippen LogP contribution in [0, 0.1) is 0 Å². The lowest BCUT2D eigenvalue weighted by Crippen LogP contribution is -2.11. The fourth-order valence-electron chi connectivity index (χ4n) is 1.33. The van der Waals surface area contributed by atoms with E-state index in [0.29, 0.717) is 0 Å². The minimum absolute atomic E-state index is 0.0379. The van der Waals surface area contributed by atoms with Crippen LogP contribution in [0.15, 0.2) is 24.3 Å². The molecule has 0 heterocycles. The average molecular weight is 193 g/mol. The van der Waals surface area contributed by atoms with Gasteiger partial charge in [0.2, 0.25) is 0 Å². The first-order valence-corrected chi connectivity index (χ1v) is 4.91. The second-order valence-corrected chi connectivity index (χ2v) is 4.65. The molecule has 0 bridgehead atoms. The quantitative estimate of drug-likeness (QED) is 0.733. The number of hydrogen-bond acceptors (Lipinski definition) is 2. The van der Waals surface area contributed by atoms with Gasteiger partial charge in [0, 0.05) is 0 Å². The van der Waals surface area contributed by atoms with Gasteiger partial charge in [-0.25, -0.2) is 5.90 Å². The van der Waals surface area contributed by atoms with Crippen LogP contribution in [0.4, 0.5) is 0 Å². The van der Waals surface area contributed by atoms with Crippen molar-refractivity contribution in [1.82, 2.24) is 0 Å². The van der Waals surface area contributed by atoms with Gasteiger partial charge in [-0.2, -0.15) is 0 Å². The third-order valence-electron chi connectivity index (χ3n) is 2.45. The van der Waals surface area contributed by atoms with E-state index in [9.17, 15) is 0 Å². The first-order chi connectivity index (χ1) is 6.45. The Morgan fingerprint density at radius 3 is 2.00 bits per heavy atom. The third-order valence-corrected chi connectivity index (χ3v) is 2.45. The highest BCUT2D eigenvalue weighted by molar-refractivity contribution is 5.28. The summed E-state index contributed by atoms with van der Waals surface area (Å²) < 4.78 is 0. The molecule has 0 saturated carbocycles. The van der Waals surface area contributed by atoms with Gasteiger partial charge in [-0.15, -0.1) is 0 Å². The lowest BCUT2D eigenvalue weighted by molar-refractivity contribution is 0.0664. The summed E-state index contributed by atoms with van der Waals surface area (Å²) in [5.74, 6) is 5.13. The summed E-state index contributed by atoms with van der Waals surface area (Å²) in [4.78, 5) is 4.76. The SMILES string of the molecule is CC(ON)c1ccc(C(C)(C)C)cc1. The molecule has 1 unspecified atom stereocenters. The smallest absolute Gasteiger partial charge is 0.101 e. The molecule has 0 spiro atoms. The summed E-state index contributed by atoms with van der Waals surface area (Å²) in [6.45, 7) is 8.53. The Balaban J connectivity index is 2.89. The molecule has 0 amide bonds. The third kappa shape index (κ3) is 2.56. The molecule has 1 rings (SSSR count). The van der Waals surface area contributed by atoms with E-state index >= 15 is 0 Å². The van der Waals surface area contributed by atoms with Crippen molar-refractivity contribution >= 4 is 0 Å². The Bertz CT molecular complexity index is 284. The topological polar surface area (TPSA) is 35.2 Å². The van der Waals surface area contributed by atoms with Crippen molar-refractivity contribution in [3.05, 3.63) is 35.4 Å². The van der Waals surface area contributed by atoms with Crippen molar-refractivity contribution in [2.45, 2.75) is 39.2 Å². The average Bonchev–Trinajstić information content (AvgIpc) is 2.15. The van der Waals surface area contributed by atoms with E-state index in [1.165, 1.54) is 5.56 Å². The second kappa shape index (κ2) is 4.11. The van der Waals surface area contributed by atoms with Gasteiger partial charge >= 0.3 is 0 Å². The molecule has 14 heavy (non-hydrogen) atoms. The van der Waals surface area contributed by atoms with Crippen LogP contribution in [-0.4, -0.2) is 0 Å². The zero-order valence-corrected chi connectivity index (χ0v) is 9.37. The lowest BCUT2D eigenvalue weighted by atomic mass is 9.86. The molecule has 1 atom stereocenters. The summed E-state index contributed by atoms with van der Waals surface area (Å²) >= 11 is 0. The van der Waals surface area contributed by atoms with Crippen molar-refractivity contribution in [2.75, 3.05) is 0 Å². The van der Waals surface area contributed by atoms with Crippen LogP contribution in [0.1, 0.15) is 44.9 Å². The highest BCUT2D eigenvalue weighted by atomic mass is 16.6. The van der Waals surface area contributed by atoms with Gasteiger partial charge in [0.05, 0.1) is 0 Å². The fourth-order valence-corrected chi connectivity index (χ4v) is 1.33. The molecule has 0 aliphatic heterocycles. The summed E-state index contributed by atoms with van der Waals surface area (Å²) in [5, 5.41) is 0. The van der Waals surface area contributed by atoms with Crippen molar-refractivity contribution in [3.63, 3.8) is 0 Å². The standard InChI is InChI=1S/C12H19NO/c1-9(14-13)10-5-7-11(8-6-10)12(2,3)4/h5-9H,13H2,1-4H3. The van der Waals surface area contributed by atoms with E-state index in [4.69, 9.17) is 10.7 Å². The van der Waals surface area contributed by atoms with E-state index in [-0.39, 0.29) is 11.5 Å². The molecule has 0 aromatic heterocycles. The molecule has 1 aromatic carbocycles. The van der Waals surface area contributed by atoms with Gasteiger partial charge in [0.25, 0.3) is 0 Å². The largest absolute Gasteiger partial charge is 0.297 e. The van der Waals surface area contributed by atoms with E-state index in [1.807, 2.05) is 6.92 Å². The first-order valence-electron chi connectivity index (χ1n) is 4.91. The minimum Gasteiger partial charge on any atom is -0.297 e. The minimum atomic E-state index is -0.0379. The Kier molecular flexibility index (Phi) is 3.29. The monoisotopic (exact) mass is 193 g/mol. The lowest BCUT2D eigenvalue weighted by Gasteiger charge is -2.19. The fraction of sp³-hybridized carbons (Fsp3) is 0.500. The Labute approximate surface area is 86.0 Å². The molecule has 2 N–H and O–H groups in total. The molecule has 0 fully saturated rings. The van der Waals surface area contributed by atoms with Crippen LogP contribution in [0.25, 0.3) is 0 Å². The van der Waals surface area contributed by atoms with Crippen molar-refractivity contribution in [1.29, 1.82) is 0 Å². The summed E-state index contributed by atoms with van der Waals surface area (Å²) in [6, 6.07) is 8.39. The predicted octanol–water partition coefficient (Wildman–Crippen LogP) is 2.94. The highest BCUT2D eigenvalue weighted by Gasteiger charge is 2.13. The maximum absolute atomic E-state index is 5.13. The molecule has 78 valence electrons. The molecular formula is C12H19NO.